The van der Waals surface area contributed by atoms with E-state index in [0.29, 0.717) is 18.4 Å². The van der Waals surface area contributed by atoms with Gasteiger partial charge in [-0.25, -0.2) is 4.79 Å². The minimum Gasteiger partial charge on any atom is -0.508 e. The smallest absolute Gasteiger partial charge is 0.328 e. The van der Waals surface area contributed by atoms with Crippen LogP contribution in [0.15, 0.2) is 48.1 Å². The SMILES string of the molecule is COC(=O)C(Cc1ccc(O)cc1)NC(=O)CCC(=O)OCC(=O)C1(O)CCC2C3CCC4=CC(=O)C=CC4(C)C3C(O)CC21C. The number of Topliss-reactive ketones (excluding diaryl/α,β-unsaturated/α-hetero) is 1. The first-order valence-electron chi connectivity index (χ1n) is 15.9. The van der Waals surface area contributed by atoms with Gasteiger partial charge in [0, 0.05) is 29.6 Å². The zero-order valence-electron chi connectivity index (χ0n) is 26.5. The average Bonchev–Trinajstić information content (AvgIpc) is 3.29. The molecule has 0 bridgehead atoms. The fourth-order valence-corrected chi connectivity index (χ4v) is 8.81. The molecule has 5 rings (SSSR count). The van der Waals surface area contributed by atoms with Gasteiger partial charge in [0.25, 0.3) is 0 Å². The lowest BCUT2D eigenvalue weighted by atomic mass is 9.46. The van der Waals surface area contributed by atoms with Gasteiger partial charge in [-0.3, -0.25) is 19.2 Å². The molecule has 248 valence electrons. The van der Waals surface area contributed by atoms with Gasteiger partial charge in [-0.05, 0) is 73.8 Å². The Labute approximate surface area is 268 Å². The van der Waals surface area contributed by atoms with Crippen molar-refractivity contribution in [1.82, 2.24) is 5.32 Å². The van der Waals surface area contributed by atoms with E-state index in [0.717, 1.165) is 12.0 Å². The van der Waals surface area contributed by atoms with E-state index in [1.165, 1.54) is 19.2 Å². The number of phenolic OH excluding ortho intramolecular Hbond substituents is 1. The number of hydrogen-bond donors (Lipinski definition) is 4. The second kappa shape index (κ2) is 12.8. The molecule has 4 N–H and O–H groups in total. The van der Waals surface area contributed by atoms with Gasteiger partial charge in [0.1, 0.15) is 17.4 Å². The zero-order valence-corrected chi connectivity index (χ0v) is 26.5. The molecule has 1 aromatic rings. The maximum Gasteiger partial charge on any atom is 0.328 e. The molecule has 0 heterocycles. The van der Waals surface area contributed by atoms with Crippen LogP contribution in [-0.2, 0) is 39.9 Å². The number of fused-ring (bicyclic) bond motifs is 5. The first-order chi connectivity index (χ1) is 21.7. The van der Waals surface area contributed by atoms with Crippen molar-refractivity contribution in [3.8, 4) is 5.75 Å². The summed E-state index contributed by atoms with van der Waals surface area (Å²) < 4.78 is 10.00. The molecule has 0 spiro atoms. The number of aromatic hydroxyl groups is 1. The summed E-state index contributed by atoms with van der Waals surface area (Å²) in [6.45, 7) is 3.24. The molecular weight excluding hydrogens is 594 g/mol. The molecule has 8 atom stereocenters. The van der Waals surface area contributed by atoms with Gasteiger partial charge in [0.15, 0.2) is 12.4 Å². The zero-order chi connectivity index (χ0) is 33.4. The number of allylic oxidation sites excluding steroid dienone is 4. The maximum atomic E-state index is 13.5. The second-order valence-corrected chi connectivity index (χ2v) is 13.7. The highest BCUT2D eigenvalue weighted by Crippen LogP contribution is 2.67. The number of aliphatic hydroxyl groups excluding tert-OH is 1. The van der Waals surface area contributed by atoms with E-state index in [-0.39, 0.29) is 61.4 Å². The van der Waals surface area contributed by atoms with Crippen molar-refractivity contribution in [3.05, 3.63) is 53.6 Å². The molecule has 0 aromatic heterocycles. The number of ketones is 2. The van der Waals surface area contributed by atoms with E-state index in [1.807, 2.05) is 13.0 Å². The number of rotatable bonds is 10. The van der Waals surface area contributed by atoms with E-state index in [2.05, 4.69) is 12.2 Å². The first kappa shape index (κ1) is 33.5. The predicted molar refractivity (Wildman–Crippen MR) is 164 cm³/mol. The molecule has 8 unspecified atom stereocenters. The molecular formula is C35H43NO10. The van der Waals surface area contributed by atoms with E-state index < -0.39 is 58.8 Å². The van der Waals surface area contributed by atoms with Crippen LogP contribution >= 0.6 is 0 Å². The lowest BCUT2D eigenvalue weighted by molar-refractivity contribution is -0.181. The summed E-state index contributed by atoms with van der Waals surface area (Å²) in [6.07, 6.45) is 6.24. The van der Waals surface area contributed by atoms with Crippen LogP contribution in [0.3, 0.4) is 0 Å². The topological polar surface area (TPSA) is 177 Å². The summed E-state index contributed by atoms with van der Waals surface area (Å²) >= 11 is 0. The Morgan fingerprint density at radius 2 is 1.80 bits per heavy atom. The highest BCUT2D eigenvalue weighted by molar-refractivity contribution is 6.01. The number of carbonyl (C=O) groups is 5. The van der Waals surface area contributed by atoms with Crippen LogP contribution in [0.2, 0.25) is 0 Å². The molecule has 3 saturated carbocycles. The third kappa shape index (κ3) is 6.02. The molecule has 0 aliphatic heterocycles. The van der Waals surface area contributed by atoms with Gasteiger partial charge < -0.3 is 30.1 Å². The molecule has 4 aliphatic carbocycles. The number of nitrogens with one attached hydrogen (secondary N) is 1. The Morgan fingerprint density at radius 1 is 1.09 bits per heavy atom. The third-order valence-corrected chi connectivity index (χ3v) is 11.2. The Morgan fingerprint density at radius 3 is 2.50 bits per heavy atom. The summed E-state index contributed by atoms with van der Waals surface area (Å²) in [5.74, 6) is -2.83. The molecule has 1 aromatic carbocycles. The fourth-order valence-electron chi connectivity index (χ4n) is 8.81. The third-order valence-electron chi connectivity index (χ3n) is 11.2. The minimum absolute atomic E-state index is 0.0389. The highest BCUT2D eigenvalue weighted by atomic mass is 16.5. The quantitative estimate of drug-likeness (QED) is 0.279. The molecule has 11 heteroatoms. The standard InChI is InChI=1S/C35H43NO10/c1-33-14-12-23(38)17-21(33)6-9-24-25-13-15-35(44,34(25,2)18-27(39)31(24)33)28(40)19-46-30(42)11-10-29(41)36-26(32(43)45-3)16-20-4-7-22(37)8-5-20/h4-5,7-8,12,14,17,24-27,31,37,39,44H,6,9-11,13,15-16,18-19H2,1-3H3,(H,36,41). The van der Waals surface area contributed by atoms with Crippen molar-refractivity contribution in [2.24, 2.45) is 28.6 Å². The van der Waals surface area contributed by atoms with Crippen molar-refractivity contribution >= 4 is 29.4 Å². The van der Waals surface area contributed by atoms with Crippen LogP contribution in [-0.4, -0.2) is 76.2 Å². The molecule has 0 radical (unpaired) electrons. The number of benzene rings is 1. The molecule has 3 fully saturated rings. The van der Waals surface area contributed by atoms with Crippen LogP contribution < -0.4 is 5.32 Å². The lowest BCUT2D eigenvalue weighted by Crippen LogP contribution is -2.61. The summed E-state index contributed by atoms with van der Waals surface area (Å²) in [5, 5.41) is 35.4. The van der Waals surface area contributed by atoms with Crippen LogP contribution in [0, 0.1) is 28.6 Å². The van der Waals surface area contributed by atoms with Crippen LogP contribution in [0.25, 0.3) is 0 Å². The summed E-state index contributed by atoms with van der Waals surface area (Å²) in [5.41, 5.74) is -1.49. The monoisotopic (exact) mass is 637 g/mol. The predicted octanol–water partition coefficient (Wildman–Crippen LogP) is 2.49. The molecule has 46 heavy (non-hydrogen) atoms. The first-order valence-corrected chi connectivity index (χ1v) is 15.9. The lowest BCUT2D eigenvalue weighted by Gasteiger charge is -2.59. The Bertz CT molecular complexity index is 1470. The van der Waals surface area contributed by atoms with E-state index in [1.54, 1.807) is 24.3 Å². The molecule has 4 aliphatic rings. The molecule has 1 amide bonds. The van der Waals surface area contributed by atoms with Gasteiger partial charge in [0.05, 0.1) is 19.6 Å². The van der Waals surface area contributed by atoms with Gasteiger partial charge >= 0.3 is 11.9 Å². The summed E-state index contributed by atoms with van der Waals surface area (Å²) in [4.78, 5) is 62.9. The Kier molecular flexibility index (Phi) is 9.30. The van der Waals surface area contributed by atoms with E-state index in [4.69, 9.17) is 9.47 Å². The van der Waals surface area contributed by atoms with Crippen molar-refractivity contribution in [3.63, 3.8) is 0 Å². The van der Waals surface area contributed by atoms with Gasteiger partial charge in [-0.2, -0.15) is 0 Å². The number of ether oxygens (including phenoxy) is 2. The maximum absolute atomic E-state index is 13.5. The average molecular weight is 638 g/mol. The normalized spacial score (nSPS) is 33.5. The van der Waals surface area contributed by atoms with Crippen LogP contribution in [0.4, 0.5) is 0 Å². The van der Waals surface area contributed by atoms with Gasteiger partial charge in [-0.15, -0.1) is 0 Å². The molecule has 11 nitrogen and oxygen atoms in total. The number of esters is 2. The van der Waals surface area contributed by atoms with Crippen LogP contribution in [0.1, 0.15) is 64.4 Å². The highest BCUT2D eigenvalue weighted by Gasteiger charge is 2.68. The number of amides is 1. The number of methoxy groups -OCH3 is 1. The van der Waals surface area contributed by atoms with Crippen LogP contribution in [0.5, 0.6) is 5.75 Å². The van der Waals surface area contributed by atoms with Crippen molar-refractivity contribution in [2.45, 2.75) is 83.0 Å². The molecule has 0 saturated heterocycles. The fraction of sp³-hybridized carbons (Fsp3) is 0.571. The number of aliphatic hydroxyl groups is 2. The Hall–Kier alpha value is -3.83. The Balaban J connectivity index is 1.16. The van der Waals surface area contributed by atoms with E-state index in [9.17, 15) is 39.3 Å². The van der Waals surface area contributed by atoms with Crippen molar-refractivity contribution < 1.29 is 48.8 Å². The van der Waals surface area contributed by atoms with Gasteiger partial charge in [0.2, 0.25) is 11.7 Å². The largest absolute Gasteiger partial charge is 0.508 e. The van der Waals surface area contributed by atoms with Crippen molar-refractivity contribution in [1.29, 1.82) is 0 Å². The minimum atomic E-state index is -1.79. The van der Waals surface area contributed by atoms with Crippen molar-refractivity contribution in [2.75, 3.05) is 13.7 Å². The van der Waals surface area contributed by atoms with E-state index >= 15 is 0 Å². The summed E-state index contributed by atoms with van der Waals surface area (Å²) in [6, 6.07) is 5.12. The summed E-state index contributed by atoms with van der Waals surface area (Å²) in [7, 11) is 1.19. The number of carbonyl (C=O) groups excluding carboxylic acids is 5. The number of phenols is 1. The number of hydrogen-bond acceptors (Lipinski definition) is 10. The van der Waals surface area contributed by atoms with Gasteiger partial charge in [-0.1, -0.05) is 37.6 Å². The second-order valence-electron chi connectivity index (χ2n) is 13.7.